The Balaban J connectivity index is 1.44. The van der Waals surface area contributed by atoms with Gasteiger partial charge in [-0.1, -0.05) is 12.1 Å². The van der Waals surface area contributed by atoms with Gasteiger partial charge in [0.15, 0.2) is 18.0 Å². The molecule has 39 heavy (non-hydrogen) atoms. The molecule has 2 aliphatic carbocycles. The van der Waals surface area contributed by atoms with Crippen LogP contribution in [0.1, 0.15) is 56.7 Å². The molecule has 1 spiro atoms. The highest BCUT2D eigenvalue weighted by Gasteiger charge is 2.71. The maximum Gasteiger partial charge on any atom is 0.348 e. The number of carbonyl (C=O) groups excluding carboxylic acids is 4. The topological polar surface area (TPSA) is 149 Å². The molecule has 2 heterocycles. The predicted octanol–water partition coefficient (Wildman–Crippen LogP) is 0.842. The normalized spacial score (nSPS) is 29.7. The average molecular weight is 544 g/mol. The van der Waals surface area contributed by atoms with Gasteiger partial charge in [-0.3, -0.25) is 14.4 Å². The van der Waals surface area contributed by atoms with Gasteiger partial charge < -0.3 is 34.1 Å². The fourth-order valence-corrected chi connectivity index (χ4v) is 6.66. The Morgan fingerprint density at radius 2 is 1.95 bits per heavy atom. The molecule has 1 saturated heterocycles. The molecule has 4 aliphatic rings. The highest BCUT2D eigenvalue weighted by atomic mass is 16.6. The fraction of sp³-hybridized carbons (Fsp3) is 0.571. The molecule has 2 aliphatic heterocycles. The first kappa shape index (κ1) is 27.3. The lowest BCUT2D eigenvalue weighted by molar-refractivity contribution is -0.176. The summed E-state index contributed by atoms with van der Waals surface area (Å²) in [5.74, 6) is -2.43. The van der Waals surface area contributed by atoms with Crippen molar-refractivity contribution in [3.63, 3.8) is 0 Å². The van der Waals surface area contributed by atoms with E-state index in [0.717, 1.165) is 18.1 Å². The summed E-state index contributed by atoms with van der Waals surface area (Å²) in [4.78, 5) is 50.9. The number of likely N-dealkylation sites (tertiary alicyclic amines) is 1. The lowest BCUT2D eigenvalue weighted by atomic mass is 9.50. The van der Waals surface area contributed by atoms with Crippen molar-refractivity contribution in [2.75, 3.05) is 13.6 Å². The van der Waals surface area contributed by atoms with E-state index in [4.69, 9.17) is 18.9 Å². The lowest BCUT2D eigenvalue weighted by Crippen LogP contribution is -2.74. The van der Waals surface area contributed by atoms with Gasteiger partial charge in [0.05, 0.1) is 24.0 Å². The standard InChI is InChI=1S/C28H33NO10/c1-14(31)15(2)36-26(34)20(37-16(3)32)12-22(33)38-19-7-8-28(35)21-11-17-5-6-18(13-30)24-23(17)27(28,25(19)39-24)9-10-29(21)4/h5-7,15,20-21,25,30,35H,8-13H2,1-4H3/t15-,20-,21+,25-,27-,28+/m0/s1. The number of Topliss-reactive ketones (excluding diaryl/α,β-unsaturated/α-hetero) is 1. The van der Waals surface area contributed by atoms with E-state index in [9.17, 15) is 29.4 Å². The van der Waals surface area contributed by atoms with E-state index in [1.54, 1.807) is 6.08 Å². The maximum absolute atomic E-state index is 13.1. The number of piperidine rings is 1. The molecule has 1 aromatic rings. The van der Waals surface area contributed by atoms with Gasteiger partial charge in [-0.2, -0.15) is 0 Å². The highest BCUT2D eigenvalue weighted by molar-refractivity contribution is 5.87. The van der Waals surface area contributed by atoms with E-state index < -0.39 is 59.4 Å². The molecule has 0 amide bonds. The van der Waals surface area contributed by atoms with E-state index in [1.807, 2.05) is 19.2 Å². The molecule has 5 rings (SSSR count). The van der Waals surface area contributed by atoms with Gasteiger partial charge in [-0.25, -0.2) is 4.79 Å². The van der Waals surface area contributed by atoms with Crippen molar-refractivity contribution in [1.82, 2.24) is 4.90 Å². The molecule has 0 aromatic heterocycles. The summed E-state index contributed by atoms with van der Waals surface area (Å²) in [6.45, 7) is 4.14. The number of likely N-dealkylation sites (N-methyl/N-ethyl adjacent to an activating group) is 1. The lowest BCUT2D eigenvalue weighted by Gasteiger charge is -2.61. The van der Waals surface area contributed by atoms with Crippen LogP contribution in [0.3, 0.4) is 0 Å². The van der Waals surface area contributed by atoms with E-state index in [2.05, 4.69) is 4.90 Å². The Morgan fingerprint density at radius 3 is 2.62 bits per heavy atom. The Labute approximate surface area is 225 Å². The first-order valence-electron chi connectivity index (χ1n) is 13.1. The number of hydrogen-bond donors (Lipinski definition) is 2. The molecule has 0 unspecified atom stereocenters. The number of aliphatic hydroxyl groups is 2. The van der Waals surface area contributed by atoms with E-state index in [1.165, 1.54) is 13.8 Å². The van der Waals surface area contributed by atoms with Crippen molar-refractivity contribution in [1.29, 1.82) is 0 Å². The molecule has 2 N–H and O–H groups in total. The zero-order valence-corrected chi connectivity index (χ0v) is 22.4. The second kappa shape index (κ2) is 9.72. The molecular formula is C28H33NO10. The third kappa shape index (κ3) is 4.14. The summed E-state index contributed by atoms with van der Waals surface area (Å²) in [6.07, 6.45) is -1.16. The van der Waals surface area contributed by atoms with Crippen molar-refractivity contribution in [3.8, 4) is 5.75 Å². The number of carbonyl (C=O) groups is 4. The zero-order valence-electron chi connectivity index (χ0n) is 22.4. The van der Waals surface area contributed by atoms with Gasteiger partial charge in [-0.15, -0.1) is 0 Å². The fourth-order valence-electron chi connectivity index (χ4n) is 6.66. The quantitative estimate of drug-likeness (QED) is 0.355. The minimum Gasteiger partial charge on any atom is -0.481 e. The number of hydrogen-bond acceptors (Lipinski definition) is 11. The van der Waals surface area contributed by atoms with Crippen LogP contribution >= 0.6 is 0 Å². The number of ketones is 1. The van der Waals surface area contributed by atoms with Gasteiger partial charge >= 0.3 is 17.9 Å². The summed E-state index contributed by atoms with van der Waals surface area (Å²) >= 11 is 0. The molecule has 1 aromatic carbocycles. The number of aliphatic hydroxyl groups excluding tert-OH is 1. The van der Waals surface area contributed by atoms with E-state index >= 15 is 0 Å². The van der Waals surface area contributed by atoms with Gasteiger partial charge in [0, 0.05) is 30.5 Å². The third-order valence-corrected chi connectivity index (χ3v) is 8.65. The summed E-state index contributed by atoms with van der Waals surface area (Å²) in [6, 6.07) is 3.59. The van der Waals surface area contributed by atoms with E-state index in [0.29, 0.717) is 30.7 Å². The number of rotatable bonds is 8. The smallest absolute Gasteiger partial charge is 0.348 e. The minimum absolute atomic E-state index is 0.185. The summed E-state index contributed by atoms with van der Waals surface area (Å²) < 4.78 is 22.2. The Kier molecular flexibility index (Phi) is 6.80. The van der Waals surface area contributed by atoms with Crippen molar-refractivity contribution in [2.45, 2.75) is 88.4 Å². The first-order chi connectivity index (χ1) is 18.4. The third-order valence-electron chi connectivity index (χ3n) is 8.65. The van der Waals surface area contributed by atoms with Crippen LogP contribution in [0, 0.1) is 0 Å². The Morgan fingerprint density at radius 1 is 1.21 bits per heavy atom. The monoisotopic (exact) mass is 543 g/mol. The van der Waals surface area contributed by atoms with Crippen LogP contribution < -0.4 is 4.74 Å². The molecule has 11 heteroatoms. The van der Waals surface area contributed by atoms with E-state index in [-0.39, 0.29) is 24.8 Å². The molecule has 210 valence electrons. The summed E-state index contributed by atoms with van der Waals surface area (Å²) in [7, 11) is 1.98. The summed E-state index contributed by atoms with van der Waals surface area (Å²) in [5, 5.41) is 22.2. The van der Waals surface area contributed by atoms with Crippen LogP contribution in [-0.2, 0) is 51.8 Å². The zero-order chi connectivity index (χ0) is 28.3. The van der Waals surface area contributed by atoms with Crippen molar-refractivity contribution in [2.24, 2.45) is 0 Å². The summed E-state index contributed by atoms with van der Waals surface area (Å²) in [5.41, 5.74) is 0.371. The van der Waals surface area contributed by atoms with Crippen LogP contribution in [0.25, 0.3) is 0 Å². The van der Waals surface area contributed by atoms with Crippen LogP contribution in [0.4, 0.5) is 0 Å². The number of benzene rings is 1. The van der Waals surface area contributed by atoms with Gasteiger partial charge in [-0.05, 0) is 51.9 Å². The molecule has 2 bridgehead atoms. The second-order valence-corrected chi connectivity index (χ2v) is 10.9. The molecule has 11 nitrogen and oxygen atoms in total. The number of nitrogens with zero attached hydrogens (tertiary/aromatic N) is 1. The largest absolute Gasteiger partial charge is 0.481 e. The number of esters is 3. The van der Waals surface area contributed by atoms with Gasteiger partial charge in [0.25, 0.3) is 0 Å². The van der Waals surface area contributed by atoms with Crippen LogP contribution in [-0.4, -0.2) is 82.4 Å². The average Bonchev–Trinajstić information content (AvgIpc) is 3.23. The predicted molar refractivity (Wildman–Crippen MR) is 133 cm³/mol. The second-order valence-electron chi connectivity index (χ2n) is 10.9. The molecular weight excluding hydrogens is 510 g/mol. The minimum atomic E-state index is -1.60. The Hall–Kier alpha value is -3.28. The highest BCUT2D eigenvalue weighted by Crippen LogP contribution is 2.64. The molecule has 6 atom stereocenters. The van der Waals surface area contributed by atoms with Crippen molar-refractivity contribution < 1.29 is 48.3 Å². The van der Waals surface area contributed by atoms with Crippen LogP contribution in [0.5, 0.6) is 5.75 Å². The number of ether oxygens (including phenoxy) is 4. The molecule has 0 saturated carbocycles. The van der Waals surface area contributed by atoms with Crippen LogP contribution in [0.15, 0.2) is 24.0 Å². The van der Waals surface area contributed by atoms with Gasteiger partial charge in [0.2, 0.25) is 6.10 Å². The maximum atomic E-state index is 13.1. The van der Waals surface area contributed by atoms with Gasteiger partial charge in [0.1, 0.15) is 11.5 Å². The molecule has 1 fully saturated rings. The van der Waals surface area contributed by atoms with Crippen LogP contribution in [0.2, 0.25) is 0 Å². The van der Waals surface area contributed by atoms with Crippen molar-refractivity contribution >= 4 is 23.7 Å². The molecule has 0 radical (unpaired) electrons. The first-order valence-corrected chi connectivity index (χ1v) is 13.1. The van der Waals surface area contributed by atoms with Crippen molar-refractivity contribution in [3.05, 3.63) is 40.7 Å². The Bertz CT molecular complexity index is 1270. The SMILES string of the molecule is CC(=O)O[C@@H](CC(=O)OC1=CC[C@@]2(O)[C@H]3Cc4ccc(CO)c5c4[C@@]2(CCN3C)[C@H]1O5)C(=O)O[C@@H](C)C(C)=O.